The first-order valence-corrected chi connectivity index (χ1v) is 8.31. The van der Waals surface area contributed by atoms with Crippen molar-refractivity contribution in [2.24, 2.45) is 0 Å². The summed E-state index contributed by atoms with van der Waals surface area (Å²) >= 11 is 0. The smallest absolute Gasteiger partial charge is 0.322 e. The van der Waals surface area contributed by atoms with Crippen LogP contribution < -0.4 is 16.0 Å². The van der Waals surface area contributed by atoms with Crippen molar-refractivity contribution < 1.29 is 19.8 Å². The van der Waals surface area contributed by atoms with Crippen LogP contribution in [0.15, 0.2) is 23.7 Å². The number of fused-ring (bicyclic) bond motifs is 1. The molecule has 0 aromatic heterocycles. The van der Waals surface area contributed by atoms with E-state index in [9.17, 15) is 19.8 Å². The molecule has 5 N–H and O–H groups in total. The zero-order valence-corrected chi connectivity index (χ0v) is 14.8. The van der Waals surface area contributed by atoms with Crippen LogP contribution in [0.25, 0.3) is 0 Å². The molecule has 2 aliphatic heterocycles. The molecule has 0 bridgehead atoms. The van der Waals surface area contributed by atoms with E-state index < -0.39 is 24.3 Å². The van der Waals surface area contributed by atoms with Gasteiger partial charge in [0.15, 0.2) is 0 Å². The van der Waals surface area contributed by atoms with Crippen LogP contribution in [0.1, 0.15) is 19.8 Å². The quantitative estimate of drug-likeness (QED) is 0.338. The standard InChI is InChI=1S/C16H24N6O4/c1-10(23)5-8-22(12(24)3-6-17)9-13(25)21(2)15-11-4-7-18-14(11)19-16(26)20-15/h4,7,10,13-14,18,23,25H,3,5,8-9H2,1-2H3,(H2,19,20,26). The number of urea groups is 1. The maximum absolute atomic E-state index is 12.1. The first-order valence-electron chi connectivity index (χ1n) is 8.31. The van der Waals surface area contributed by atoms with Gasteiger partial charge in [0, 0.05) is 19.2 Å². The van der Waals surface area contributed by atoms with Crippen molar-refractivity contribution in [2.45, 2.75) is 38.3 Å². The van der Waals surface area contributed by atoms with Crippen molar-refractivity contribution in [1.29, 1.82) is 5.26 Å². The average molecular weight is 364 g/mol. The Morgan fingerprint density at radius 3 is 2.85 bits per heavy atom. The maximum atomic E-state index is 12.1. The molecule has 0 aromatic carbocycles. The first-order chi connectivity index (χ1) is 12.3. The van der Waals surface area contributed by atoms with Crippen LogP contribution in [0.5, 0.6) is 0 Å². The van der Waals surface area contributed by atoms with E-state index in [2.05, 4.69) is 16.0 Å². The number of carbonyl (C=O) groups is 2. The second-order valence-electron chi connectivity index (χ2n) is 6.24. The molecule has 3 unspecified atom stereocenters. The summed E-state index contributed by atoms with van der Waals surface area (Å²) in [6, 6.07) is 1.39. The van der Waals surface area contributed by atoms with Crippen molar-refractivity contribution in [1.82, 2.24) is 25.8 Å². The normalized spacial score (nSPS) is 20.3. The number of carbonyl (C=O) groups excluding carboxylic acids is 2. The van der Waals surface area contributed by atoms with Gasteiger partial charge in [0.1, 0.15) is 24.6 Å². The van der Waals surface area contributed by atoms with Crippen LogP contribution in [0.3, 0.4) is 0 Å². The molecule has 0 aliphatic carbocycles. The molecular weight excluding hydrogens is 340 g/mol. The number of hydrogen-bond donors (Lipinski definition) is 5. The monoisotopic (exact) mass is 364 g/mol. The number of nitrogens with one attached hydrogen (secondary N) is 3. The highest BCUT2D eigenvalue weighted by atomic mass is 16.3. The number of aliphatic hydroxyl groups excluding tert-OH is 2. The van der Waals surface area contributed by atoms with Crippen molar-refractivity contribution in [2.75, 3.05) is 20.1 Å². The second-order valence-corrected chi connectivity index (χ2v) is 6.24. The third-order valence-electron chi connectivity index (χ3n) is 4.20. The summed E-state index contributed by atoms with van der Waals surface area (Å²) in [6.07, 6.45) is 1.41. The lowest BCUT2D eigenvalue weighted by atomic mass is 10.2. The lowest BCUT2D eigenvalue weighted by Gasteiger charge is -2.36. The van der Waals surface area contributed by atoms with Gasteiger partial charge in [-0.05, 0) is 25.6 Å². The molecule has 0 fully saturated rings. The Bertz CT molecular complexity index is 654. The molecule has 10 heteroatoms. The zero-order chi connectivity index (χ0) is 19.3. The van der Waals surface area contributed by atoms with Gasteiger partial charge in [0.25, 0.3) is 0 Å². The summed E-state index contributed by atoms with van der Waals surface area (Å²) in [5.41, 5.74) is 0.755. The highest BCUT2D eigenvalue weighted by Crippen LogP contribution is 2.20. The van der Waals surface area contributed by atoms with E-state index in [1.165, 1.54) is 9.80 Å². The van der Waals surface area contributed by atoms with Gasteiger partial charge < -0.3 is 30.6 Å². The fraction of sp³-hybridized carbons (Fsp3) is 0.562. The summed E-state index contributed by atoms with van der Waals surface area (Å²) in [5, 5.41) is 37.1. The van der Waals surface area contributed by atoms with Gasteiger partial charge in [0.2, 0.25) is 5.91 Å². The average Bonchev–Trinajstić information content (AvgIpc) is 3.05. The van der Waals surface area contributed by atoms with E-state index in [0.717, 1.165) is 5.57 Å². The third-order valence-corrected chi connectivity index (χ3v) is 4.20. The maximum Gasteiger partial charge on any atom is 0.322 e. The van der Waals surface area contributed by atoms with Crippen LogP contribution in [0.4, 0.5) is 4.79 Å². The topological polar surface area (TPSA) is 141 Å². The van der Waals surface area contributed by atoms with Crippen molar-refractivity contribution >= 4 is 11.9 Å². The van der Waals surface area contributed by atoms with Gasteiger partial charge in [0.05, 0.1) is 18.7 Å². The SMILES string of the molecule is CC(O)CCN(CC(O)N(C)C1=C2C=CNC2NC(=O)N1)C(=O)CC#N. The van der Waals surface area contributed by atoms with Gasteiger partial charge in [-0.3, -0.25) is 10.1 Å². The minimum atomic E-state index is -1.11. The van der Waals surface area contributed by atoms with E-state index in [1.54, 1.807) is 32.3 Å². The van der Waals surface area contributed by atoms with Crippen molar-refractivity contribution in [3.63, 3.8) is 0 Å². The highest BCUT2D eigenvalue weighted by molar-refractivity contribution is 5.79. The Kier molecular flexibility index (Phi) is 6.43. The summed E-state index contributed by atoms with van der Waals surface area (Å²) < 4.78 is 0. The fourth-order valence-corrected chi connectivity index (χ4v) is 2.70. The van der Waals surface area contributed by atoms with Crippen LogP contribution in [-0.2, 0) is 4.79 Å². The molecule has 0 saturated heterocycles. The molecule has 0 radical (unpaired) electrons. The van der Waals surface area contributed by atoms with E-state index in [4.69, 9.17) is 5.26 Å². The van der Waals surface area contributed by atoms with Crippen LogP contribution in [0.2, 0.25) is 0 Å². The Labute approximate surface area is 151 Å². The Morgan fingerprint density at radius 2 is 2.19 bits per heavy atom. The van der Waals surface area contributed by atoms with E-state index in [0.29, 0.717) is 12.2 Å². The summed E-state index contributed by atoms with van der Waals surface area (Å²) in [6.45, 7) is 1.75. The molecule has 2 rings (SSSR count). The number of nitriles is 1. The Hall–Kier alpha value is -2.77. The summed E-state index contributed by atoms with van der Waals surface area (Å²) in [4.78, 5) is 26.7. The van der Waals surface area contributed by atoms with Gasteiger partial charge in [-0.1, -0.05) is 0 Å². The van der Waals surface area contributed by atoms with E-state index in [1.807, 2.05) is 0 Å². The number of rotatable bonds is 8. The first kappa shape index (κ1) is 19.6. The van der Waals surface area contributed by atoms with Crippen molar-refractivity contribution in [3.8, 4) is 6.07 Å². The van der Waals surface area contributed by atoms with Gasteiger partial charge in [-0.25, -0.2) is 4.79 Å². The summed E-state index contributed by atoms with van der Waals surface area (Å²) in [7, 11) is 1.60. The van der Waals surface area contributed by atoms with Gasteiger partial charge in [-0.15, -0.1) is 0 Å². The summed E-state index contributed by atoms with van der Waals surface area (Å²) in [5.74, 6) is 0.00335. The highest BCUT2D eigenvalue weighted by Gasteiger charge is 2.31. The third kappa shape index (κ3) is 4.65. The van der Waals surface area contributed by atoms with E-state index in [-0.39, 0.29) is 25.7 Å². The number of hydrogen-bond acceptors (Lipinski definition) is 7. The van der Waals surface area contributed by atoms with Crippen LogP contribution in [0, 0.1) is 11.3 Å². The molecule has 0 aromatic rings. The van der Waals surface area contributed by atoms with Crippen molar-refractivity contribution in [3.05, 3.63) is 23.7 Å². The van der Waals surface area contributed by atoms with Gasteiger partial charge >= 0.3 is 6.03 Å². The molecule has 26 heavy (non-hydrogen) atoms. The fourth-order valence-electron chi connectivity index (χ4n) is 2.70. The molecule has 10 nitrogen and oxygen atoms in total. The molecule has 0 spiro atoms. The second kappa shape index (κ2) is 8.55. The molecule has 2 aliphatic rings. The molecule has 3 atom stereocenters. The molecule has 142 valence electrons. The van der Waals surface area contributed by atoms with Gasteiger partial charge in [-0.2, -0.15) is 5.26 Å². The number of amides is 3. The van der Waals surface area contributed by atoms with Crippen LogP contribution >= 0.6 is 0 Å². The number of aliphatic hydroxyl groups is 2. The van der Waals surface area contributed by atoms with E-state index >= 15 is 0 Å². The number of likely N-dealkylation sites (N-methyl/N-ethyl adjacent to an activating group) is 1. The Morgan fingerprint density at radius 1 is 1.46 bits per heavy atom. The minimum absolute atomic E-state index is 0.0639. The zero-order valence-electron chi connectivity index (χ0n) is 14.8. The molecular formula is C16H24N6O4. The lowest BCUT2D eigenvalue weighted by Crippen LogP contribution is -2.56. The number of nitrogens with zero attached hydrogens (tertiary/aromatic N) is 3. The van der Waals surface area contributed by atoms with Crippen LogP contribution in [-0.4, -0.2) is 70.6 Å². The minimum Gasteiger partial charge on any atom is -0.393 e. The predicted molar refractivity (Wildman–Crippen MR) is 91.6 cm³/mol. The molecule has 0 saturated carbocycles. The predicted octanol–water partition coefficient (Wildman–Crippen LogP) is -1.28. The molecule has 3 amide bonds. The Balaban J connectivity index is 2.10. The largest absolute Gasteiger partial charge is 0.393 e. The molecule has 2 heterocycles. The lowest BCUT2D eigenvalue weighted by molar-refractivity contribution is -0.133.